The van der Waals surface area contributed by atoms with Gasteiger partial charge < -0.3 is 5.11 Å². The van der Waals surface area contributed by atoms with Crippen molar-refractivity contribution in [1.29, 1.82) is 0 Å². The van der Waals surface area contributed by atoms with E-state index >= 15 is 0 Å². The lowest BCUT2D eigenvalue weighted by molar-refractivity contribution is 0.0402. The van der Waals surface area contributed by atoms with Gasteiger partial charge in [-0.05, 0) is 35.4 Å². The molecule has 31 heavy (non-hydrogen) atoms. The first-order chi connectivity index (χ1) is 15.2. The lowest BCUT2D eigenvalue weighted by atomic mass is 9.87. The van der Waals surface area contributed by atoms with E-state index in [1.54, 1.807) is 0 Å². The monoisotopic (exact) mass is 440 g/mol. The van der Waals surface area contributed by atoms with E-state index in [1.165, 1.54) is 11.8 Å². The van der Waals surface area contributed by atoms with Crippen LogP contribution < -0.4 is 0 Å². The van der Waals surface area contributed by atoms with Crippen LogP contribution in [-0.2, 0) is 5.72 Å². The van der Waals surface area contributed by atoms with E-state index in [0.29, 0.717) is 5.02 Å². The molecule has 0 radical (unpaired) electrons. The number of para-hydroxylation sites is 2. The highest BCUT2D eigenvalue weighted by Crippen LogP contribution is 2.50. The molecule has 0 amide bonds. The molecule has 4 aromatic carbocycles. The van der Waals surface area contributed by atoms with Crippen molar-refractivity contribution in [2.24, 2.45) is 0 Å². The molecule has 0 fully saturated rings. The van der Waals surface area contributed by atoms with Crippen LogP contribution >= 0.6 is 23.4 Å². The Hall–Kier alpha value is -3.05. The van der Waals surface area contributed by atoms with Gasteiger partial charge in [-0.15, -0.1) is 0 Å². The van der Waals surface area contributed by atoms with Gasteiger partial charge in [0.25, 0.3) is 0 Å². The fraction of sp³-hybridized carbons (Fsp3) is 0.0385. The fourth-order valence-corrected chi connectivity index (χ4v) is 5.80. The summed E-state index contributed by atoms with van der Waals surface area (Å²) in [5.74, 6) is 0. The third-order valence-electron chi connectivity index (χ3n) is 5.76. The average molecular weight is 441 g/mol. The van der Waals surface area contributed by atoms with E-state index in [9.17, 15) is 5.11 Å². The second kappa shape index (κ2) is 6.99. The summed E-state index contributed by atoms with van der Waals surface area (Å²) in [6.07, 6.45) is 0. The van der Waals surface area contributed by atoms with E-state index < -0.39 is 5.72 Å². The van der Waals surface area contributed by atoms with Gasteiger partial charge in [0.2, 0.25) is 0 Å². The average Bonchev–Trinajstić information content (AvgIpc) is 3.18. The van der Waals surface area contributed by atoms with Crippen molar-refractivity contribution >= 4 is 34.4 Å². The number of nitrogens with zero attached hydrogens (tertiary/aromatic N) is 2. The van der Waals surface area contributed by atoms with E-state index in [4.69, 9.17) is 16.6 Å². The van der Waals surface area contributed by atoms with E-state index in [1.807, 2.05) is 83.4 Å². The number of hydrogen-bond acceptors (Lipinski definition) is 3. The van der Waals surface area contributed by atoms with Crippen molar-refractivity contribution in [3.63, 3.8) is 0 Å². The zero-order valence-corrected chi connectivity index (χ0v) is 17.9. The Morgan fingerprint density at radius 3 is 2.42 bits per heavy atom. The van der Waals surface area contributed by atoms with E-state index in [2.05, 4.69) is 18.2 Å². The second-order valence-electron chi connectivity index (χ2n) is 7.54. The van der Waals surface area contributed by atoms with Crippen LogP contribution in [0.1, 0.15) is 11.1 Å². The first kappa shape index (κ1) is 18.7. The number of halogens is 1. The van der Waals surface area contributed by atoms with Gasteiger partial charge in [-0.25, -0.2) is 4.98 Å². The van der Waals surface area contributed by atoms with Gasteiger partial charge >= 0.3 is 0 Å². The molecule has 0 bridgehead atoms. The maximum Gasteiger partial charge on any atom is 0.199 e. The Morgan fingerprint density at radius 2 is 1.55 bits per heavy atom. The summed E-state index contributed by atoms with van der Waals surface area (Å²) >= 11 is 7.85. The standard InChI is InChI=1S/C26H17ClN2OS/c27-18-14-15-21-24(16-18)31-25-28-22-12-6-7-13-23(22)29(25)26(21,30)20-11-5-4-10-19(20)17-8-2-1-3-9-17/h1-16,30H. The molecule has 6 rings (SSSR count). The summed E-state index contributed by atoms with van der Waals surface area (Å²) in [7, 11) is 0. The summed E-state index contributed by atoms with van der Waals surface area (Å²) in [6.45, 7) is 0. The molecule has 5 aromatic rings. The minimum Gasteiger partial charge on any atom is -0.363 e. The SMILES string of the molecule is OC1(c2ccccc2-c2ccccc2)c2ccc(Cl)cc2Sc2nc3ccccc3n21. The number of fused-ring (bicyclic) bond motifs is 4. The van der Waals surface area contributed by atoms with Crippen molar-refractivity contribution in [2.75, 3.05) is 0 Å². The molecule has 1 aliphatic heterocycles. The summed E-state index contributed by atoms with van der Waals surface area (Å²) in [6, 6.07) is 31.7. The molecule has 1 aromatic heterocycles. The third kappa shape index (κ3) is 2.76. The van der Waals surface area contributed by atoms with Gasteiger partial charge in [-0.1, -0.05) is 96.2 Å². The highest BCUT2D eigenvalue weighted by Gasteiger charge is 2.44. The zero-order valence-electron chi connectivity index (χ0n) is 16.4. The normalized spacial score (nSPS) is 17.4. The molecule has 3 nitrogen and oxygen atoms in total. The van der Waals surface area contributed by atoms with Gasteiger partial charge in [0.15, 0.2) is 10.9 Å². The second-order valence-corrected chi connectivity index (χ2v) is 8.99. The smallest absolute Gasteiger partial charge is 0.199 e. The van der Waals surface area contributed by atoms with Crippen LogP contribution in [0.2, 0.25) is 5.02 Å². The Morgan fingerprint density at radius 1 is 0.806 bits per heavy atom. The van der Waals surface area contributed by atoms with Crippen LogP contribution in [0.5, 0.6) is 0 Å². The lowest BCUT2D eigenvalue weighted by Gasteiger charge is -2.38. The highest BCUT2D eigenvalue weighted by atomic mass is 35.5. The maximum absolute atomic E-state index is 12.6. The maximum atomic E-state index is 12.6. The van der Waals surface area contributed by atoms with Crippen LogP contribution in [-0.4, -0.2) is 14.7 Å². The predicted octanol–water partition coefficient (Wildman–Crippen LogP) is 6.56. The van der Waals surface area contributed by atoms with E-state index in [0.717, 1.165) is 43.3 Å². The van der Waals surface area contributed by atoms with Crippen LogP contribution in [0.4, 0.5) is 0 Å². The Labute approximate surface area is 189 Å². The summed E-state index contributed by atoms with van der Waals surface area (Å²) < 4.78 is 1.95. The molecular weight excluding hydrogens is 424 g/mol. The molecule has 0 aliphatic carbocycles. The van der Waals surface area contributed by atoms with Gasteiger partial charge in [0.1, 0.15) is 0 Å². The number of rotatable bonds is 2. The minimum atomic E-state index is -1.44. The summed E-state index contributed by atoms with van der Waals surface area (Å²) in [5, 5.41) is 14.0. The topological polar surface area (TPSA) is 38.1 Å². The van der Waals surface area contributed by atoms with Crippen molar-refractivity contribution in [3.8, 4) is 11.1 Å². The Balaban J connectivity index is 1.73. The van der Waals surface area contributed by atoms with Crippen molar-refractivity contribution in [2.45, 2.75) is 15.8 Å². The van der Waals surface area contributed by atoms with Crippen LogP contribution in [0.25, 0.3) is 22.2 Å². The van der Waals surface area contributed by atoms with Gasteiger partial charge in [-0.3, -0.25) is 4.57 Å². The molecule has 150 valence electrons. The summed E-state index contributed by atoms with van der Waals surface area (Å²) in [5.41, 5.74) is 3.91. The largest absolute Gasteiger partial charge is 0.363 e. The molecule has 1 atom stereocenters. The number of benzene rings is 4. The highest BCUT2D eigenvalue weighted by molar-refractivity contribution is 7.99. The van der Waals surface area contributed by atoms with Crippen molar-refractivity contribution in [1.82, 2.24) is 9.55 Å². The van der Waals surface area contributed by atoms with Crippen molar-refractivity contribution in [3.05, 3.63) is 113 Å². The molecule has 1 N–H and O–H groups in total. The first-order valence-corrected chi connectivity index (χ1v) is 11.2. The number of imidazole rings is 1. The van der Waals surface area contributed by atoms with Crippen molar-refractivity contribution < 1.29 is 5.11 Å². The van der Waals surface area contributed by atoms with Gasteiger partial charge in [0, 0.05) is 21.0 Å². The fourth-order valence-electron chi connectivity index (χ4n) is 4.39. The van der Waals surface area contributed by atoms with Gasteiger partial charge in [0.05, 0.1) is 11.0 Å². The molecule has 0 saturated carbocycles. The number of aliphatic hydroxyl groups is 1. The zero-order chi connectivity index (χ0) is 21.0. The number of hydrogen-bond donors (Lipinski definition) is 1. The molecule has 2 heterocycles. The molecule has 1 unspecified atom stereocenters. The molecule has 0 spiro atoms. The molecule has 1 aliphatic rings. The number of aromatic nitrogens is 2. The predicted molar refractivity (Wildman–Crippen MR) is 126 cm³/mol. The lowest BCUT2D eigenvalue weighted by Crippen LogP contribution is -2.39. The third-order valence-corrected chi connectivity index (χ3v) is 7.01. The summed E-state index contributed by atoms with van der Waals surface area (Å²) in [4.78, 5) is 5.73. The van der Waals surface area contributed by atoms with Gasteiger partial charge in [-0.2, -0.15) is 0 Å². The molecular formula is C26H17ClN2OS. The first-order valence-electron chi connectivity index (χ1n) is 9.99. The van der Waals surface area contributed by atoms with Crippen LogP contribution in [0.3, 0.4) is 0 Å². The Kier molecular flexibility index (Phi) is 4.22. The molecule has 0 saturated heterocycles. The van der Waals surface area contributed by atoms with E-state index in [-0.39, 0.29) is 0 Å². The molecule has 5 heteroatoms. The quantitative estimate of drug-likeness (QED) is 0.337. The van der Waals surface area contributed by atoms with Crippen LogP contribution in [0, 0.1) is 0 Å². The van der Waals surface area contributed by atoms with Crippen LogP contribution in [0.15, 0.2) is 107 Å². The minimum absolute atomic E-state index is 0.634. The Bertz CT molecular complexity index is 1450.